The Morgan fingerprint density at radius 3 is 2.89 bits per heavy atom. The molecule has 0 saturated carbocycles. The summed E-state index contributed by atoms with van der Waals surface area (Å²) in [6.07, 6.45) is 1.81. The second-order valence-electron chi connectivity index (χ2n) is 6.05. The number of unbranched alkanes of at least 4 members (excludes halogenated alkanes) is 1. The molecule has 1 amide bonds. The molecule has 2 aromatic carbocycles. The predicted octanol–water partition coefficient (Wildman–Crippen LogP) is 2.87. The van der Waals surface area contributed by atoms with Crippen molar-refractivity contribution in [2.24, 2.45) is 0 Å². The number of rotatable bonds is 7. The van der Waals surface area contributed by atoms with Crippen LogP contribution in [-0.4, -0.2) is 34.1 Å². The number of aromatic nitrogens is 3. The van der Waals surface area contributed by atoms with Crippen molar-refractivity contribution in [3.8, 4) is 11.4 Å². The molecule has 3 aromatic rings. The molecule has 0 atom stereocenters. The highest BCUT2D eigenvalue weighted by atomic mass is 35.5. The zero-order valence-electron chi connectivity index (χ0n) is 15.1. The minimum Gasteiger partial charge on any atom is -0.482 e. The smallest absolute Gasteiger partial charge is 0.282 e. The fourth-order valence-electron chi connectivity index (χ4n) is 2.54. The molecular weight excluding hydrogens is 387 g/mol. The third-order valence-corrected chi connectivity index (χ3v) is 4.30. The van der Waals surface area contributed by atoms with E-state index >= 15 is 0 Å². The van der Waals surface area contributed by atoms with Gasteiger partial charge in [0.1, 0.15) is 17.0 Å². The minimum absolute atomic E-state index is 0.0237. The maximum Gasteiger partial charge on any atom is 0.282 e. The van der Waals surface area contributed by atoms with Crippen molar-refractivity contribution in [3.05, 3.63) is 57.6 Å². The predicted molar refractivity (Wildman–Crippen MR) is 104 cm³/mol. The van der Waals surface area contributed by atoms with Crippen molar-refractivity contribution in [1.29, 1.82) is 0 Å². The van der Waals surface area contributed by atoms with E-state index in [1.165, 1.54) is 6.07 Å². The quantitative estimate of drug-likeness (QED) is 0.612. The fraction of sp³-hybridized carbons (Fsp3) is 0.263. The van der Waals surface area contributed by atoms with Gasteiger partial charge in [-0.3, -0.25) is 9.59 Å². The Hall–Kier alpha value is -3.00. The number of ether oxygens (including phenoxy) is 1. The van der Waals surface area contributed by atoms with Gasteiger partial charge < -0.3 is 10.1 Å². The molecule has 0 unspecified atom stereocenters. The number of hydrogen-bond donors (Lipinski definition) is 1. The standard InChI is InChI=1S/C19H18ClFN4O3/c1-2-3-8-22-18(26)11-28-17-10-16(14(21)9-13(17)20)25-19(27)12-6-4-5-7-15(12)23-24-25/h4-7,9-10H,2-3,8,11H2,1H3,(H,22,26). The van der Waals surface area contributed by atoms with Gasteiger partial charge in [-0.15, -0.1) is 5.10 Å². The van der Waals surface area contributed by atoms with Crippen molar-refractivity contribution in [2.45, 2.75) is 19.8 Å². The normalized spacial score (nSPS) is 10.8. The summed E-state index contributed by atoms with van der Waals surface area (Å²) in [5, 5.41) is 10.7. The lowest BCUT2D eigenvalue weighted by molar-refractivity contribution is -0.123. The minimum atomic E-state index is -0.767. The molecule has 0 bridgehead atoms. The largest absolute Gasteiger partial charge is 0.482 e. The van der Waals surface area contributed by atoms with E-state index in [0.717, 1.165) is 23.6 Å². The topological polar surface area (TPSA) is 86.1 Å². The number of amides is 1. The zero-order valence-corrected chi connectivity index (χ0v) is 15.9. The number of fused-ring (bicyclic) bond motifs is 1. The molecule has 0 saturated heterocycles. The van der Waals surface area contributed by atoms with Crippen LogP contribution in [0.2, 0.25) is 5.02 Å². The highest BCUT2D eigenvalue weighted by Gasteiger charge is 2.16. The van der Waals surface area contributed by atoms with E-state index < -0.39 is 11.4 Å². The summed E-state index contributed by atoms with van der Waals surface area (Å²) in [7, 11) is 0. The maximum atomic E-state index is 14.5. The van der Waals surface area contributed by atoms with Crippen molar-refractivity contribution in [3.63, 3.8) is 0 Å². The lowest BCUT2D eigenvalue weighted by Crippen LogP contribution is -2.29. The van der Waals surface area contributed by atoms with Gasteiger partial charge in [-0.05, 0) is 24.6 Å². The summed E-state index contributed by atoms with van der Waals surface area (Å²) in [6, 6.07) is 8.85. The summed E-state index contributed by atoms with van der Waals surface area (Å²) in [5.41, 5.74) is -0.303. The Morgan fingerprint density at radius 2 is 2.11 bits per heavy atom. The number of nitrogens with one attached hydrogen (secondary N) is 1. The van der Waals surface area contributed by atoms with Crippen LogP contribution >= 0.6 is 11.6 Å². The molecule has 3 rings (SSSR count). The second kappa shape index (κ2) is 8.79. The van der Waals surface area contributed by atoms with Gasteiger partial charge in [0.15, 0.2) is 12.4 Å². The SMILES string of the molecule is CCCCNC(=O)COc1cc(-n2nnc3ccccc3c2=O)c(F)cc1Cl. The van der Waals surface area contributed by atoms with Gasteiger partial charge in [0, 0.05) is 12.6 Å². The molecule has 0 aliphatic heterocycles. The van der Waals surface area contributed by atoms with Crippen molar-refractivity contribution < 1.29 is 13.9 Å². The Bertz CT molecular complexity index is 1070. The van der Waals surface area contributed by atoms with Gasteiger partial charge in [0.2, 0.25) is 0 Å². The molecular formula is C19H18ClFN4O3. The van der Waals surface area contributed by atoms with Gasteiger partial charge in [0.05, 0.1) is 10.4 Å². The van der Waals surface area contributed by atoms with Crippen LogP contribution in [0, 0.1) is 5.82 Å². The van der Waals surface area contributed by atoms with Crippen LogP contribution in [0.3, 0.4) is 0 Å². The van der Waals surface area contributed by atoms with Gasteiger partial charge in [-0.25, -0.2) is 4.39 Å². The third-order valence-electron chi connectivity index (χ3n) is 4.01. The highest BCUT2D eigenvalue weighted by molar-refractivity contribution is 6.32. The molecule has 1 heterocycles. The van der Waals surface area contributed by atoms with Crippen LogP contribution in [0.15, 0.2) is 41.2 Å². The van der Waals surface area contributed by atoms with Crippen molar-refractivity contribution >= 4 is 28.4 Å². The first kappa shape index (κ1) is 19.8. The molecule has 28 heavy (non-hydrogen) atoms. The van der Waals surface area contributed by atoms with Gasteiger partial charge >= 0.3 is 0 Å². The third kappa shape index (κ3) is 4.28. The van der Waals surface area contributed by atoms with Crippen LogP contribution in [0.5, 0.6) is 5.75 Å². The molecule has 1 N–H and O–H groups in total. The zero-order chi connectivity index (χ0) is 20.1. The molecule has 0 spiro atoms. The Labute approximate surface area is 165 Å². The number of carbonyl (C=O) groups is 1. The number of carbonyl (C=O) groups excluding carboxylic acids is 1. The van der Waals surface area contributed by atoms with E-state index in [1.54, 1.807) is 24.3 Å². The molecule has 1 aromatic heterocycles. The summed E-state index contributed by atoms with van der Waals surface area (Å²) in [6.45, 7) is 2.27. The van der Waals surface area contributed by atoms with Crippen molar-refractivity contribution in [2.75, 3.05) is 13.2 Å². The Kier molecular flexibility index (Phi) is 6.20. The van der Waals surface area contributed by atoms with Gasteiger partial charge in [0.25, 0.3) is 11.5 Å². The van der Waals surface area contributed by atoms with Crippen LogP contribution in [-0.2, 0) is 4.79 Å². The number of nitrogens with zero attached hydrogens (tertiary/aromatic N) is 3. The van der Waals surface area contributed by atoms with E-state index in [-0.39, 0.29) is 29.0 Å². The van der Waals surface area contributed by atoms with Gasteiger partial charge in [-0.1, -0.05) is 42.3 Å². The maximum absolute atomic E-state index is 14.5. The lowest BCUT2D eigenvalue weighted by Gasteiger charge is -2.12. The van der Waals surface area contributed by atoms with E-state index in [0.29, 0.717) is 17.4 Å². The number of hydrogen-bond acceptors (Lipinski definition) is 5. The average Bonchev–Trinajstić information content (AvgIpc) is 2.68. The Morgan fingerprint density at radius 1 is 1.32 bits per heavy atom. The second-order valence-corrected chi connectivity index (χ2v) is 6.46. The fourth-order valence-corrected chi connectivity index (χ4v) is 2.74. The van der Waals surface area contributed by atoms with E-state index in [9.17, 15) is 14.0 Å². The summed E-state index contributed by atoms with van der Waals surface area (Å²) in [5.74, 6) is -1.03. The molecule has 0 aliphatic carbocycles. The molecule has 146 valence electrons. The molecule has 0 fully saturated rings. The average molecular weight is 405 g/mol. The van der Waals surface area contributed by atoms with Crippen LogP contribution in [0.25, 0.3) is 16.6 Å². The Balaban J connectivity index is 1.89. The summed E-state index contributed by atoms with van der Waals surface area (Å²) < 4.78 is 20.7. The van der Waals surface area contributed by atoms with E-state index in [1.807, 2.05) is 6.92 Å². The molecule has 0 radical (unpaired) electrons. The van der Waals surface area contributed by atoms with Crippen LogP contribution in [0.4, 0.5) is 4.39 Å². The lowest BCUT2D eigenvalue weighted by atomic mass is 10.2. The van der Waals surface area contributed by atoms with Gasteiger partial charge in [-0.2, -0.15) is 4.68 Å². The molecule has 0 aliphatic rings. The summed E-state index contributed by atoms with van der Waals surface area (Å²) in [4.78, 5) is 24.4. The summed E-state index contributed by atoms with van der Waals surface area (Å²) >= 11 is 6.01. The molecule has 9 heteroatoms. The first-order valence-electron chi connectivity index (χ1n) is 8.75. The van der Waals surface area contributed by atoms with E-state index in [2.05, 4.69) is 15.6 Å². The van der Waals surface area contributed by atoms with Crippen LogP contribution in [0.1, 0.15) is 19.8 Å². The number of halogens is 2. The first-order chi connectivity index (χ1) is 13.5. The van der Waals surface area contributed by atoms with Crippen molar-refractivity contribution in [1.82, 2.24) is 20.3 Å². The molecule has 7 nitrogen and oxygen atoms in total. The monoisotopic (exact) mass is 404 g/mol. The van der Waals surface area contributed by atoms with E-state index in [4.69, 9.17) is 16.3 Å². The highest BCUT2D eigenvalue weighted by Crippen LogP contribution is 2.29. The number of benzene rings is 2. The first-order valence-corrected chi connectivity index (χ1v) is 9.12. The van der Waals surface area contributed by atoms with Crippen LogP contribution < -0.4 is 15.6 Å².